The Labute approximate surface area is 187 Å². The molecule has 0 aliphatic carbocycles. The van der Waals surface area contributed by atoms with Crippen LogP contribution in [-0.2, 0) is 27.8 Å². The van der Waals surface area contributed by atoms with E-state index in [1.54, 1.807) is 30.3 Å². The van der Waals surface area contributed by atoms with Crippen LogP contribution in [0, 0.1) is 0 Å². The van der Waals surface area contributed by atoms with Gasteiger partial charge in [0.2, 0.25) is 15.9 Å². The lowest BCUT2D eigenvalue weighted by Crippen LogP contribution is -2.47. The SMILES string of the molecule is COc1ccc(S(=O)(=O)NC(Cc2ccccc2)C(=O)NCc2ccccc2Cl)cc1. The van der Waals surface area contributed by atoms with Gasteiger partial charge in [0.15, 0.2) is 0 Å². The average molecular weight is 459 g/mol. The molecular weight excluding hydrogens is 436 g/mol. The zero-order valence-electron chi connectivity index (χ0n) is 16.9. The van der Waals surface area contributed by atoms with Crippen molar-refractivity contribution in [2.24, 2.45) is 0 Å². The number of nitrogens with one attached hydrogen (secondary N) is 2. The maximum absolute atomic E-state index is 12.9. The number of amides is 1. The summed E-state index contributed by atoms with van der Waals surface area (Å²) in [6.07, 6.45) is 0.199. The van der Waals surface area contributed by atoms with Gasteiger partial charge in [-0.05, 0) is 47.9 Å². The molecule has 0 saturated carbocycles. The number of halogens is 1. The molecule has 0 aromatic heterocycles. The Balaban J connectivity index is 1.79. The van der Waals surface area contributed by atoms with Gasteiger partial charge in [-0.3, -0.25) is 4.79 Å². The minimum Gasteiger partial charge on any atom is -0.497 e. The Bertz CT molecular complexity index is 1120. The van der Waals surface area contributed by atoms with Crippen molar-refractivity contribution in [3.63, 3.8) is 0 Å². The highest BCUT2D eigenvalue weighted by atomic mass is 35.5. The largest absolute Gasteiger partial charge is 0.497 e. The highest BCUT2D eigenvalue weighted by Gasteiger charge is 2.26. The lowest BCUT2D eigenvalue weighted by Gasteiger charge is -2.19. The van der Waals surface area contributed by atoms with Crippen LogP contribution in [0.4, 0.5) is 0 Å². The molecule has 0 bridgehead atoms. The maximum atomic E-state index is 12.9. The second kappa shape index (κ2) is 10.4. The van der Waals surface area contributed by atoms with Gasteiger partial charge < -0.3 is 10.1 Å². The summed E-state index contributed by atoms with van der Waals surface area (Å²) in [7, 11) is -2.43. The van der Waals surface area contributed by atoms with Gasteiger partial charge in [0.05, 0.1) is 12.0 Å². The van der Waals surface area contributed by atoms with E-state index in [2.05, 4.69) is 10.0 Å². The van der Waals surface area contributed by atoms with Crippen molar-refractivity contribution in [1.82, 2.24) is 10.0 Å². The van der Waals surface area contributed by atoms with Crippen LogP contribution in [0.5, 0.6) is 5.75 Å². The number of carbonyl (C=O) groups is 1. The van der Waals surface area contributed by atoms with E-state index in [1.807, 2.05) is 36.4 Å². The maximum Gasteiger partial charge on any atom is 0.241 e. The van der Waals surface area contributed by atoms with Crippen LogP contribution in [-0.4, -0.2) is 27.5 Å². The van der Waals surface area contributed by atoms with Gasteiger partial charge in [0.1, 0.15) is 11.8 Å². The molecule has 6 nitrogen and oxygen atoms in total. The zero-order valence-corrected chi connectivity index (χ0v) is 18.5. The van der Waals surface area contributed by atoms with Gasteiger partial charge in [-0.15, -0.1) is 0 Å². The number of hydrogen-bond acceptors (Lipinski definition) is 4. The monoisotopic (exact) mass is 458 g/mol. The van der Waals surface area contributed by atoms with E-state index in [9.17, 15) is 13.2 Å². The fourth-order valence-electron chi connectivity index (χ4n) is 3.00. The van der Waals surface area contributed by atoms with E-state index in [4.69, 9.17) is 16.3 Å². The topological polar surface area (TPSA) is 84.5 Å². The molecule has 1 amide bonds. The highest BCUT2D eigenvalue weighted by Crippen LogP contribution is 2.17. The molecule has 3 aromatic rings. The van der Waals surface area contributed by atoms with Gasteiger partial charge in [-0.2, -0.15) is 4.72 Å². The third kappa shape index (κ3) is 6.30. The summed E-state index contributed by atoms with van der Waals surface area (Å²) in [5, 5.41) is 3.31. The van der Waals surface area contributed by atoms with Crippen molar-refractivity contribution < 1.29 is 17.9 Å². The quantitative estimate of drug-likeness (QED) is 0.513. The van der Waals surface area contributed by atoms with E-state index in [-0.39, 0.29) is 17.9 Å². The first kappa shape index (κ1) is 22.8. The summed E-state index contributed by atoms with van der Waals surface area (Å²) in [5.41, 5.74) is 1.58. The predicted octanol–water partition coefficient (Wildman–Crippen LogP) is 3.55. The first-order valence-corrected chi connectivity index (χ1v) is 11.5. The average Bonchev–Trinajstić information content (AvgIpc) is 2.78. The van der Waals surface area contributed by atoms with Crippen molar-refractivity contribution in [1.29, 1.82) is 0 Å². The summed E-state index contributed by atoms with van der Waals surface area (Å²) in [4.78, 5) is 13.0. The van der Waals surface area contributed by atoms with Crippen LogP contribution in [0.3, 0.4) is 0 Å². The predicted molar refractivity (Wildman–Crippen MR) is 121 cm³/mol. The van der Waals surface area contributed by atoms with Gasteiger partial charge in [0, 0.05) is 11.6 Å². The number of carbonyl (C=O) groups excluding carboxylic acids is 1. The van der Waals surface area contributed by atoms with Gasteiger partial charge >= 0.3 is 0 Å². The summed E-state index contributed by atoms with van der Waals surface area (Å²) in [6.45, 7) is 0.189. The number of benzene rings is 3. The lowest BCUT2D eigenvalue weighted by molar-refractivity contribution is -0.122. The molecule has 3 rings (SSSR count). The molecule has 0 radical (unpaired) electrons. The van der Waals surface area contributed by atoms with E-state index >= 15 is 0 Å². The number of sulfonamides is 1. The molecule has 0 saturated heterocycles. The Morgan fingerprint density at radius 3 is 2.26 bits per heavy atom. The Kier molecular flexibility index (Phi) is 7.68. The second-order valence-electron chi connectivity index (χ2n) is 6.85. The summed E-state index contributed by atoms with van der Waals surface area (Å²) in [6, 6.07) is 21.4. The van der Waals surface area contributed by atoms with Gasteiger partial charge in [-0.25, -0.2) is 8.42 Å². The molecule has 0 aliphatic rings. The van der Waals surface area contributed by atoms with Crippen molar-refractivity contribution in [3.05, 3.63) is 95.0 Å². The zero-order chi connectivity index (χ0) is 22.3. The van der Waals surface area contributed by atoms with E-state index in [0.29, 0.717) is 10.8 Å². The normalized spacial score (nSPS) is 12.2. The molecule has 162 valence electrons. The van der Waals surface area contributed by atoms with Crippen molar-refractivity contribution in [2.75, 3.05) is 7.11 Å². The van der Waals surface area contributed by atoms with E-state index in [0.717, 1.165) is 11.1 Å². The van der Waals surface area contributed by atoms with Crippen LogP contribution < -0.4 is 14.8 Å². The minimum atomic E-state index is -3.93. The molecule has 8 heteroatoms. The number of methoxy groups -OCH3 is 1. The minimum absolute atomic E-state index is 0.0465. The molecule has 2 N–H and O–H groups in total. The van der Waals surface area contributed by atoms with Crippen molar-refractivity contribution in [3.8, 4) is 5.75 Å². The molecule has 0 fully saturated rings. The molecule has 1 atom stereocenters. The molecule has 3 aromatic carbocycles. The third-order valence-electron chi connectivity index (χ3n) is 4.68. The lowest BCUT2D eigenvalue weighted by atomic mass is 10.1. The van der Waals surface area contributed by atoms with Crippen LogP contribution in [0.15, 0.2) is 83.8 Å². The molecular formula is C23H23ClN2O4S. The van der Waals surface area contributed by atoms with Crippen LogP contribution in [0.25, 0.3) is 0 Å². The molecule has 0 spiro atoms. The number of ether oxygens (including phenoxy) is 1. The number of rotatable bonds is 9. The Hall–Kier alpha value is -2.87. The molecule has 31 heavy (non-hydrogen) atoms. The van der Waals surface area contributed by atoms with Crippen molar-refractivity contribution >= 4 is 27.5 Å². The number of hydrogen-bond donors (Lipinski definition) is 2. The van der Waals surface area contributed by atoms with E-state index < -0.39 is 22.0 Å². The highest BCUT2D eigenvalue weighted by molar-refractivity contribution is 7.89. The Morgan fingerprint density at radius 2 is 1.61 bits per heavy atom. The molecule has 1 unspecified atom stereocenters. The van der Waals surface area contributed by atoms with Gasteiger partial charge in [-0.1, -0.05) is 60.1 Å². The molecule has 0 heterocycles. The van der Waals surface area contributed by atoms with Crippen LogP contribution in [0.1, 0.15) is 11.1 Å². The van der Waals surface area contributed by atoms with Gasteiger partial charge in [0.25, 0.3) is 0 Å². The van der Waals surface area contributed by atoms with Crippen molar-refractivity contribution in [2.45, 2.75) is 23.9 Å². The summed E-state index contributed by atoms with van der Waals surface area (Å²) < 4.78 is 33.4. The van der Waals surface area contributed by atoms with Crippen LogP contribution in [0.2, 0.25) is 5.02 Å². The second-order valence-corrected chi connectivity index (χ2v) is 8.97. The first-order chi connectivity index (χ1) is 14.9. The fraction of sp³-hybridized carbons (Fsp3) is 0.174. The first-order valence-electron chi connectivity index (χ1n) is 9.60. The van der Waals surface area contributed by atoms with E-state index in [1.165, 1.54) is 19.2 Å². The van der Waals surface area contributed by atoms with Crippen LogP contribution >= 0.6 is 11.6 Å². The summed E-state index contributed by atoms with van der Waals surface area (Å²) >= 11 is 6.16. The summed E-state index contributed by atoms with van der Waals surface area (Å²) in [5.74, 6) is 0.0955. The molecule has 0 aliphatic heterocycles. The smallest absolute Gasteiger partial charge is 0.241 e. The third-order valence-corrected chi connectivity index (χ3v) is 6.53. The Morgan fingerprint density at radius 1 is 0.968 bits per heavy atom. The standard InChI is InChI=1S/C23H23ClN2O4S/c1-30-19-11-13-20(14-12-19)31(28,29)26-22(15-17-7-3-2-4-8-17)23(27)25-16-18-9-5-6-10-21(18)24/h2-14,22,26H,15-16H2,1H3,(H,25,27). The fourth-order valence-corrected chi connectivity index (χ4v) is 4.39.